The van der Waals surface area contributed by atoms with Gasteiger partial charge in [-0.15, -0.1) is 10.2 Å². The molecule has 1 amide bonds. The molecule has 0 aliphatic rings. The van der Waals surface area contributed by atoms with Gasteiger partial charge >= 0.3 is 0 Å². The molecule has 0 atom stereocenters. The van der Waals surface area contributed by atoms with E-state index in [1.807, 2.05) is 22.8 Å². The van der Waals surface area contributed by atoms with Crippen LogP contribution in [0.2, 0.25) is 0 Å². The average Bonchev–Trinajstić information content (AvgIpc) is 3.43. The Hall–Kier alpha value is -3.48. The fourth-order valence-corrected chi connectivity index (χ4v) is 4.12. The van der Waals surface area contributed by atoms with Gasteiger partial charge in [0.25, 0.3) is 0 Å². The van der Waals surface area contributed by atoms with Gasteiger partial charge in [0.2, 0.25) is 15.9 Å². The molecule has 0 aliphatic heterocycles. The summed E-state index contributed by atoms with van der Waals surface area (Å²) in [7, 11) is -3.79. The molecule has 0 bridgehead atoms. The largest absolute Gasteiger partial charge is 0.467 e. The number of carbonyl (C=O) groups excluding carboxylic acids is 1. The van der Waals surface area contributed by atoms with Crippen LogP contribution in [0, 0.1) is 0 Å². The van der Waals surface area contributed by atoms with E-state index in [0.29, 0.717) is 23.2 Å². The van der Waals surface area contributed by atoms with Crippen molar-refractivity contribution < 1.29 is 17.6 Å². The quantitative estimate of drug-likeness (QED) is 0.373. The van der Waals surface area contributed by atoms with E-state index in [0.717, 1.165) is 11.3 Å². The van der Waals surface area contributed by atoms with Crippen LogP contribution in [0.25, 0.3) is 11.4 Å². The summed E-state index contributed by atoms with van der Waals surface area (Å²) in [5, 5.41) is 16.9. The minimum Gasteiger partial charge on any atom is -0.467 e. The lowest BCUT2D eigenvalue weighted by Crippen LogP contribution is -2.15. The zero-order chi connectivity index (χ0) is 22.6. The molecule has 0 saturated heterocycles. The van der Waals surface area contributed by atoms with Gasteiger partial charge in [-0.2, -0.15) is 0 Å². The normalized spacial score (nSPS) is 11.4. The Morgan fingerprint density at radius 1 is 1.09 bits per heavy atom. The second-order valence-corrected chi connectivity index (χ2v) is 9.12. The molecule has 0 aliphatic carbocycles. The number of benzene rings is 1. The first kappa shape index (κ1) is 21.7. The minimum atomic E-state index is -3.79. The fourth-order valence-electron chi connectivity index (χ4n) is 2.87. The molecule has 0 radical (unpaired) electrons. The van der Waals surface area contributed by atoms with Gasteiger partial charge < -0.3 is 9.73 Å². The van der Waals surface area contributed by atoms with Gasteiger partial charge in [0.05, 0.1) is 23.5 Å². The Bertz CT molecular complexity index is 1300. The molecule has 3 N–H and O–H groups in total. The lowest BCUT2D eigenvalue weighted by atomic mass is 10.2. The van der Waals surface area contributed by atoms with E-state index in [2.05, 4.69) is 20.5 Å². The number of furan rings is 1. The summed E-state index contributed by atoms with van der Waals surface area (Å²) in [4.78, 5) is 16.4. The zero-order valence-electron chi connectivity index (χ0n) is 16.6. The third kappa shape index (κ3) is 5.22. The fraction of sp³-hybridized carbons (Fsp3) is 0.100. The summed E-state index contributed by atoms with van der Waals surface area (Å²) in [6.07, 6.45) is 4.93. The van der Waals surface area contributed by atoms with Crippen molar-refractivity contribution in [3.8, 4) is 11.4 Å². The van der Waals surface area contributed by atoms with Crippen molar-refractivity contribution in [3.05, 3.63) is 72.9 Å². The van der Waals surface area contributed by atoms with Crippen molar-refractivity contribution in [2.24, 2.45) is 5.14 Å². The molecule has 1 aromatic carbocycles. The number of rotatable bonds is 8. The number of nitrogens with one attached hydrogen (secondary N) is 1. The number of nitrogens with two attached hydrogens (primary N) is 1. The number of carbonyl (C=O) groups is 1. The highest BCUT2D eigenvalue weighted by Crippen LogP contribution is 2.25. The summed E-state index contributed by atoms with van der Waals surface area (Å²) in [5.41, 5.74) is 1.29. The topological polar surface area (TPSA) is 146 Å². The number of anilines is 1. The molecule has 4 rings (SSSR count). The molecule has 12 heteroatoms. The molecule has 4 aromatic rings. The van der Waals surface area contributed by atoms with Crippen molar-refractivity contribution in [1.29, 1.82) is 0 Å². The van der Waals surface area contributed by atoms with E-state index in [4.69, 9.17) is 9.56 Å². The highest BCUT2D eigenvalue weighted by Gasteiger charge is 2.17. The SMILES string of the molecule is NS(=O)(=O)c1ccc(NC(=O)CSc2nnc(-c3ccncc3)n2Cc2ccco2)cc1. The van der Waals surface area contributed by atoms with Gasteiger partial charge in [0, 0.05) is 23.6 Å². The van der Waals surface area contributed by atoms with E-state index in [-0.39, 0.29) is 16.6 Å². The highest BCUT2D eigenvalue weighted by molar-refractivity contribution is 7.99. The summed E-state index contributed by atoms with van der Waals surface area (Å²) >= 11 is 1.22. The highest BCUT2D eigenvalue weighted by atomic mass is 32.2. The number of aromatic nitrogens is 4. The number of thioether (sulfide) groups is 1. The molecular formula is C20H18N6O4S2. The first-order valence-corrected chi connectivity index (χ1v) is 11.8. The summed E-state index contributed by atoms with van der Waals surface area (Å²) in [5.74, 6) is 1.15. The van der Waals surface area contributed by atoms with Gasteiger partial charge in [0.15, 0.2) is 11.0 Å². The maximum Gasteiger partial charge on any atom is 0.238 e. The first-order valence-electron chi connectivity index (χ1n) is 9.31. The van der Waals surface area contributed by atoms with Crippen molar-refractivity contribution in [3.63, 3.8) is 0 Å². The maximum absolute atomic E-state index is 12.4. The third-order valence-corrected chi connectivity index (χ3v) is 6.24. The Labute approximate surface area is 187 Å². The number of nitrogens with zero attached hydrogens (tertiary/aromatic N) is 4. The Morgan fingerprint density at radius 2 is 1.84 bits per heavy atom. The molecule has 0 saturated carbocycles. The summed E-state index contributed by atoms with van der Waals surface area (Å²) in [6.45, 7) is 0.399. The third-order valence-electron chi connectivity index (χ3n) is 4.35. The second-order valence-electron chi connectivity index (χ2n) is 6.61. The number of sulfonamides is 1. The van der Waals surface area contributed by atoms with Crippen LogP contribution < -0.4 is 10.5 Å². The van der Waals surface area contributed by atoms with Crippen LogP contribution in [-0.4, -0.2) is 39.8 Å². The summed E-state index contributed by atoms with van der Waals surface area (Å²) in [6, 6.07) is 12.9. The van der Waals surface area contributed by atoms with Crippen molar-refractivity contribution in [2.75, 3.05) is 11.1 Å². The summed E-state index contributed by atoms with van der Waals surface area (Å²) < 4.78 is 30.0. The second kappa shape index (κ2) is 9.34. The Morgan fingerprint density at radius 3 is 2.50 bits per heavy atom. The van der Waals surface area contributed by atoms with Gasteiger partial charge in [0.1, 0.15) is 5.76 Å². The number of pyridine rings is 1. The van der Waals surface area contributed by atoms with Crippen molar-refractivity contribution in [2.45, 2.75) is 16.6 Å². The molecule has 0 unspecified atom stereocenters. The van der Waals surface area contributed by atoms with E-state index in [1.54, 1.807) is 24.7 Å². The van der Waals surface area contributed by atoms with Crippen LogP contribution in [-0.2, 0) is 21.4 Å². The molecule has 3 heterocycles. The van der Waals surface area contributed by atoms with Gasteiger partial charge in [-0.3, -0.25) is 14.3 Å². The van der Waals surface area contributed by atoms with E-state index >= 15 is 0 Å². The van der Waals surface area contributed by atoms with Gasteiger partial charge in [-0.1, -0.05) is 11.8 Å². The van der Waals surface area contributed by atoms with Crippen molar-refractivity contribution in [1.82, 2.24) is 19.7 Å². The number of hydrogen-bond acceptors (Lipinski definition) is 8. The minimum absolute atomic E-state index is 0.0282. The van der Waals surface area contributed by atoms with Crippen LogP contribution in [0.1, 0.15) is 5.76 Å². The lowest BCUT2D eigenvalue weighted by molar-refractivity contribution is -0.113. The van der Waals surface area contributed by atoms with Gasteiger partial charge in [-0.05, 0) is 48.5 Å². The predicted octanol–water partition coefficient (Wildman–Crippen LogP) is 2.36. The zero-order valence-corrected chi connectivity index (χ0v) is 18.2. The van der Waals surface area contributed by atoms with Crippen LogP contribution >= 0.6 is 11.8 Å². The van der Waals surface area contributed by atoms with E-state index in [9.17, 15) is 13.2 Å². The molecule has 164 valence electrons. The first-order chi connectivity index (χ1) is 15.4. The average molecular weight is 471 g/mol. The van der Waals surface area contributed by atoms with Crippen LogP contribution in [0.5, 0.6) is 0 Å². The number of amides is 1. The van der Waals surface area contributed by atoms with Crippen molar-refractivity contribution >= 4 is 33.4 Å². The smallest absolute Gasteiger partial charge is 0.238 e. The Balaban J connectivity index is 1.48. The molecule has 0 spiro atoms. The van der Waals surface area contributed by atoms with Crippen LogP contribution in [0.3, 0.4) is 0 Å². The van der Waals surface area contributed by atoms with Gasteiger partial charge in [-0.25, -0.2) is 13.6 Å². The predicted molar refractivity (Wildman–Crippen MR) is 118 cm³/mol. The lowest BCUT2D eigenvalue weighted by Gasteiger charge is -2.09. The van der Waals surface area contributed by atoms with Crippen LogP contribution in [0.4, 0.5) is 5.69 Å². The number of primary sulfonamides is 1. The molecule has 0 fully saturated rings. The van der Waals surface area contributed by atoms with E-state index in [1.165, 1.54) is 36.0 Å². The standard InChI is InChI=1S/C20H18N6O4S2/c21-32(28,29)17-5-3-15(4-6-17)23-18(27)13-31-20-25-24-19(14-7-9-22-10-8-14)26(20)12-16-2-1-11-30-16/h1-11H,12-13H2,(H,23,27)(H2,21,28,29). The maximum atomic E-state index is 12.4. The molecular weight excluding hydrogens is 452 g/mol. The van der Waals surface area contributed by atoms with Crippen LogP contribution in [0.15, 0.2) is 81.7 Å². The molecule has 3 aromatic heterocycles. The monoisotopic (exact) mass is 470 g/mol. The molecule has 32 heavy (non-hydrogen) atoms. The molecule has 10 nitrogen and oxygen atoms in total. The van der Waals surface area contributed by atoms with E-state index < -0.39 is 10.0 Å². The Kier molecular flexibility index (Phi) is 6.35. The number of hydrogen-bond donors (Lipinski definition) is 2.